The lowest BCUT2D eigenvalue weighted by molar-refractivity contribution is -0.133. The minimum Gasteiger partial charge on any atom is -0.370 e. The van der Waals surface area contributed by atoms with Gasteiger partial charge in [0.2, 0.25) is 0 Å². The van der Waals surface area contributed by atoms with E-state index in [-0.39, 0.29) is 43.1 Å². The highest BCUT2D eigenvalue weighted by atomic mass is 32.2. The molecular weight excluding hydrogens is 504 g/mol. The van der Waals surface area contributed by atoms with Gasteiger partial charge in [-0.3, -0.25) is 19.6 Å². The van der Waals surface area contributed by atoms with Gasteiger partial charge in [0.05, 0.1) is 0 Å². The fourth-order valence-corrected chi connectivity index (χ4v) is 8.38. The zero-order chi connectivity index (χ0) is 26.3. The van der Waals surface area contributed by atoms with Crippen molar-refractivity contribution in [3.63, 3.8) is 0 Å². The lowest BCUT2D eigenvalue weighted by Crippen LogP contribution is -2.68. The Labute approximate surface area is 224 Å². The normalized spacial score (nSPS) is 30.6. The summed E-state index contributed by atoms with van der Waals surface area (Å²) in [6.45, 7) is 7.01. The number of hydrogen-bond acceptors (Lipinski definition) is 8. The highest BCUT2D eigenvalue weighted by molar-refractivity contribution is 8.06. The number of amides is 4. The number of fused-ring (bicyclic) bond motifs is 1. The van der Waals surface area contributed by atoms with Crippen molar-refractivity contribution < 1.29 is 28.5 Å². The van der Waals surface area contributed by atoms with Crippen LogP contribution in [0.25, 0.3) is 0 Å². The van der Waals surface area contributed by atoms with E-state index in [1.807, 2.05) is 16.7 Å². The fraction of sp³-hybridized carbons (Fsp3) is 0.917. The van der Waals surface area contributed by atoms with Gasteiger partial charge in [0, 0.05) is 39.4 Å². The number of urea groups is 2. The minimum absolute atomic E-state index is 0.0544. The summed E-state index contributed by atoms with van der Waals surface area (Å²) in [6.07, 6.45) is 4.90. The van der Waals surface area contributed by atoms with Gasteiger partial charge < -0.3 is 18.9 Å². The molecule has 3 aliphatic rings. The predicted octanol–water partition coefficient (Wildman–Crippen LogP) is 4.22. The summed E-state index contributed by atoms with van der Waals surface area (Å²) in [5.74, 6) is 1.61. The molecule has 0 saturated carbocycles. The largest absolute Gasteiger partial charge is 0.370 e. The SMILES string of the molecule is CCCCC12N(CC)C(=O)N(COC3CSC(OC)CS3)C1(CCCC)N(COC)C(=O)N2COC. The summed E-state index contributed by atoms with van der Waals surface area (Å²) in [7, 11) is 4.90. The van der Waals surface area contributed by atoms with Crippen molar-refractivity contribution >= 4 is 35.6 Å². The summed E-state index contributed by atoms with van der Waals surface area (Å²) in [5, 5.41) is 0. The van der Waals surface area contributed by atoms with Gasteiger partial charge in [0.15, 0.2) is 11.3 Å². The zero-order valence-corrected chi connectivity index (χ0v) is 24.3. The van der Waals surface area contributed by atoms with Gasteiger partial charge in [0.25, 0.3) is 0 Å². The van der Waals surface area contributed by atoms with Gasteiger partial charge in [-0.2, -0.15) is 0 Å². The van der Waals surface area contributed by atoms with E-state index in [0.29, 0.717) is 19.4 Å². The Morgan fingerprint density at radius 2 is 1.22 bits per heavy atom. The van der Waals surface area contributed by atoms with Crippen LogP contribution in [0.2, 0.25) is 0 Å². The smallest absolute Gasteiger partial charge is 0.327 e. The summed E-state index contributed by atoms with van der Waals surface area (Å²) < 4.78 is 23.0. The second kappa shape index (κ2) is 13.2. The molecule has 10 nitrogen and oxygen atoms in total. The highest BCUT2D eigenvalue weighted by Gasteiger charge is 2.77. The molecule has 0 N–H and O–H groups in total. The number of methoxy groups -OCH3 is 3. The van der Waals surface area contributed by atoms with Crippen LogP contribution >= 0.6 is 23.5 Å². The average Bonchev–Trinajstić information content (AvgIpc) is 3.21. The molecule has 0 radical (unpaired) electrons. The first-order valence-corrected chi connectivity index (χ1v) is 15.1. The van der Waals surface area contributed by atoms with Gasteiger partial charge in [-0.25, -0.2) is 9.59 Å². The molecule has 12 heteroatoms. The maximum atomic E-state index is 14.2. The average molecular weight is 549 g/mol. The molecule has 0 aliphatic carbocycles. The Hall–Kier alpha value is -0.920. The number of ether oxygens (including phenoxy) is 4. The summed E-state index contributed by atoms with van der Waals surface area (Å²) in [4.78, 5) is 35.3. The van der Waals surface area contributed by atoms with E-state index >= 15 is 0 Å². The second-order valence-corrected chi connectivity index (χ2v) is 11.7. The molecule has 4 unspecified atom stereocenters. The fourth-order valence-electron chi connectivity index (χ4n) is 5.87. The first kappa shape index (κ1) is 29.6. The number of rotatable bonds is 15. The summed E-state index contributed by atoms with van der Waals surface area (Å²) in [5.41, 5.74) is -1.71. The van der Waals surface area contributed by atoms with Gasteiger partial charge >= 0.3 is 12.1 Å². The van der Waals surface area contributed by atoms with E-state index in [9.17, 15) is 9.59 Å². The number of carbonyl (C=O) groups is 2. The lowest BCUT2D eigenvalue weighted by Gasteiger charge is -2.50. The molecule has 0 bridgehead atoms. The number of hydrogen-bond donors (Lipinski definition) is 0. The number of carbonyl (C=O) groups excluding carboxylic acids is 2. The molecule has 4 atom stereocenters. The Morgan fingerprint density at radius 3 is 1.67 bits per heavy atom. The molecule has 0 aromatic heterocycles. The van der Waals surface area contributed by atoms with Crippen LogP contribution in [0.15, 0.2) is 0 Å². The van der Waals surface area contributed by atoms with Gasteiger partial charge in [-0.05, 0) is 32.6 Å². The Balaban J connectivity index is 2.07. The van der Waals surface area contributed by atoms with Crippen LogP contribution in [0.4, 0.5) is 9.59 Å². The molecule has 0 aromatic rings. The number of nitrogens with zero attached hydrogens (tertiary/aromatic N) is 4. The first-order chi connectivity index (χ1) is 17.4. The van der Waals surface area contributed by atoms with Crippen LogP contribution in [-0.4, -0.2) is 113 Å². The topological polar surface area (TPSA) is 84.0 Å². The monoisotopic (exact) mass is 548 g/mol. The Morgan fingerprint density at radius 1 is 0.750 bits per heavy atom. The Bertz CT molecular complexity index is 743. The van der Waals surface area contributed by atoms with E-state index in [0.717, 1.165) is 37.2 Å². The summed E-state index contributed by atoms with van der Waals surface area (Å²) in [6, 6.07) is -0.282. The molecule has 0 spiro atoms. The number of unbranched alkanes of at least 4 members (excludes halogenated alkanes) is 2. The number of thioether (sulfide) groups is 2. The van der Waals surface area contributed by atoms with Crippen molar-refractivity contribution in [2.75, 3.05) is 59.6 Å². The quantitative estimate of drug-likeness (QED) is 0.301. The molecule has 208 valence electrons. The van der Waals surface area contributed by atoms with Gasteiger partial charge in [-0.15, -0.1) is 23.5 Å². The highest BCUT2D eigenvalue weighted by Crippen LogP contribution is 2.56. The van der Waals surface area contributed by atoms with Crippen molar-refractivity contribution in [3.8, 4) is 0 Å². The van der Waals surface area contributed by atoms with E-state index in [1.165, 1.54) is 0 Å². The van der Waals surface area contributed by atoms with Crippen LogP contribution in [-0.2, 0) is 18.9 Å². The maximum Gasteiger partial charge on any atom is 0.327 e. The van der Waals surface area contributed by atoms with Crippen LogP contribution in [0.5, 0.6) is 0 Å². The molecule has 3 saturated heterocycles. The first-order valence-electron chi connectivity index (χ1n) is 13.0. The van der Waals surface area contributed by atoms with Crippen LogP contribution < -0.4 is 0 Å². The van der Waals surface area contributed by atoms with Crippen molar-refractivity contribution in [1.29, 1.82) is 0 Å². The van der Waals surface area contributed by atoms with Crippen molar-refractivity contribution in [3.05, 3.63) is 0 Å². The number of likely N-dealkylation sites (N-methyl/N-ethyl adjacent to an activating group) is 1. The third-order valence-corrected chi connectivity index (χ3v) is 10.2. The third-order valence-electron chi connectivity index (χ3n) is 7.43. The van der Waals surface area contributed by atoms with Gasteiger partial charge in [-0.1, -0.05) is 26.7 Å². The van der Waals surface area contributed by atoms with E-state index in [2.05, 4.69) is 13.8 Å². The lowest BCUT2D eigenvalue weighted by atomic mass is 9.83. The van der Waals surface area contributed by atoms with Crippen molar-refractivity contribution in [2.45, 2.75) is 81.5 Å². The summed E-state index contributed by atoms with van der Waals surface area (Å²) >= 11 is 3.43. The molecular formula is C24H44N4O6S2. The van der Waals surface area contributed by atoms with E-state index in [4.69, 9.17) is 18.9 Å². The van der Waals surface area contributed by atoms with E-state index < -0.39 is 11.3 Å². The molecule has 3 heterocycles. The zero-order valence-electron chi connectivity index (χ0n) is 22.7. The molecule has 0 aromatic carbocycles. The molecule has 3 aliphatic heterocycles. The van der Waals surface area contributed by atoms with Crippen molar-refractivity contribution in [1.82, 2.24) is 19.6 Å². The van der Waals surface area contributed by atoms with Crippen LogP contribution in [0.3, 0.4) is 0 Å². The second-order valence-electron chi connectivity index (χ2n) is 9.33. The third kappa shape index (κ3) is 4.93. The van der Waals surface area contributed by atoms with E-state index in [1.54, 1.807) is 54.7 Å². The van der Waals surface area contributed by atoms with Crippen molar-refractivity contribution in [2.24, 2.45) is 0 Å². The van der Waals surface area contributed by atoms with Crippen LogP contribution in [0, 0.1) is 0 Å². The standard InChI is InChI=1S/C24H44N4O6S2/c1-7-10-12-23-24(13-11-8-2,27(17-32-5)22(30)26(23)16-31-4)28(21(29)25(23)9-3)18-34-20-15-35-19(33-6)14-36-20/h19-20H,7-18H2,1-6H3. The molecule has 3 rings (SSSR count). The maximum absolute atomic E-state index is 14.2. The molecule has 3 fully saturated rings. The Kier molecular flexibility index (Phi) is 10.9. The predicted molar refractivity (Wildman–Crippen MR) is 142 cm³/mol. The molecule has 36 heavy (non-hydrogen) atoms. The van der Waals surface area contributed by atoms with Gasteiger partial charge in [0.1, 0.15) is 31.1 Å². The van der Waals surface area contributed by atoms with Crippen LogP contribution in [0.1, 0.15) is 59.3 Å². The minimum atomic E-state index is -0.932. The molecule has 4 amide bonds.